The van der Waals surface area contributed by atoms with Crippen molar-refractivity contribution >= 4 is 23.0 Å². The number of aromatic nitrogens is 3. The van der Waals surface area contributed by atoms with Gasteiger partial charge in [0.1, 0.15) is 24.9 Å². The Morgan fingerprint density at radius 3 is 2.89 bits per heavy atom. The highest BCUT2D eigenvalue weighted by molar-refractivity contribution is 5.73. The molecule has 2 heterocycles. The summed E-state index contributed by atoms with van der Waals surface area (Å²) < 4.78 is 4.96. The second-order valence-corrected chi connectivity index (χ2v) is 4.01. The summed E-state index contributed by atoms with van der Waals surface area (Å²) in [5.74, 6) is 0.376. The zero-order valence-electron chi connectivity index (χ0n) is 10.2. The number of pyridine rings is 1. The number of carboxylic acid groups (broad SMARTS) is 1. The van der Waals surface area contributed by atoms with E-state index in [0.29, 0.717) is 11.5 Å². The van der Waals surface area contributed by atoms with Crippen molar-refractivity contribution in [2.75, 3.05) is 25.6 Å². The maximum Gasteiger partial charge on any atom is 0.329 e. The Kier molecular flexibility index (Phi) is 3.42. The second kappa shape index (κ2) is 5.01. The maximum atomic E-state index is 10.3. The van der Waals surface area contributed by atoms with Crippen LogP contribution >= 0.6 is 0 Å². The third kappa shape index (κ3) is 2.75. The summed E-state index contributed by atoms with van der Waals surface area (Å²) in [4.78, 5) is 23.8. The molecule has 0 aliphatic rings. The summed E-state index contributed by atoms with van der Waals surface area (Å²) in [6.07, 6.45) is 0. The normalized spacial score (nSPS) is 10.8. The molecule has 18 heavy (non-hydrogen) atoms. The summed E-state index contributed by atoms with van der Waals surface area (Å²) >= 11 is 0. The lowest BCUT2D eigenvalue weighted by molar-refractivity contribution is -0.142. The Balaban J connectivity index is 2.14. The Labute approximate surface area is 103 Å². The van der Waals surface area contributed by atoms with Crippen LogP contribution in [0.15, 0.2) is 12.1 Å². The first-order valence-corrected chi connectivity index (χ1v) is 5.39. The summed E-state index contributed by atoms with van der Waals surface area (Å²) in [5, 5.41) is 8.46. The molecule has 7 nitrogen and oxygen atoms in total. The molecule has 0 amide bonds. The lowest BCUT2D eigenvalue weighted by Gasteiger charge is -2.09. The molecule has 0 bridgehead atoms. The maximum absolute atomic E-state index is 10.3. The molecule has 0 radical (unpaired) electrons. The molecular formula is C11H14N4O3. The van der Waals surface area contributed by atoms with E-state index in [0.717, 1.165) is 11.3 Å². The summed E-state index contributed by atoms with van der Waals surface area (Å²) in [6.45, 7) is -0.215. The minimum atomic E-state index is -1.00. The van der Waals surface area contributed by atoms with Gasteiger partial charge < -0.3 is 19.7 Å². The second-order valence-electron chi connectivity index (χ2n) is 4.01. The zero-order valence-corrected chi connectivity index (χ0v) is 10.2. The number of carbonyl (C=O) groups is 1. The highest BCUT2D eigenvalue weighted by Gasteiger charge is 2.07. The third-order valence-electron chi connectivity index (χ3n) is 2.30. The Morgan fingerprint density at radius 2 is 2.22 bits per heavy atom. The van der Waals surface area contributed by atoms with E-state index in [4.69, 9.17) is 9.84 Å². The number of imidazole rings is 1. The van der Waals surface area contributed by atoms with Gasteiger partial charge in [-0.3, -0.25) is 0 Å². The van der Waals surface area contributed by atoms with E-state index in [1.807, 2.05) is 31.1 Å². The van der Waals surface area contributed by atoms with Gasteiger partial charge in [-0.2, -0.15) is 0 Å². The smallest absolute Gasteiger partial charge is 0.329 e. The van der Waals surface area contributed by atoms with Crippen molar-refractivity contribution < 1.29 is 14.6 Å². The van der Waals surface area contributed by atoms with Gasteiger partial charge in [0.25, 0.3) is 0 Å². The molecule has 0 fully saturated rings. The van der Waals surface area contributed by atoms with E-state index in [2.05, 4.69) is 15.0 Å². The topological polar surface area (TPSA) is 91.3 Å². The lowest BCUT2D eigenvalue weighted by atomic mass is 10.4. The number of hydrogen-bond acceptors (Lipinski definition) is 5. The predicted octanol–water partition coefficient (Wildman–Crippen LogP) is 0.625. The Morgan fingerprint density at radius 1 is 1.44 bits per heavy atom. The van der Waals surface area contributed by atoms with Crippen molar-refractivity contribution in [2.45, 2.75) is 6.61 Å². The minimum Gasteiger partial charge on any atom is -0.480 e. The molecular weight excluding hydrogens is 236 g/mol. The van der Waals surface area contributed by atoms with Gasteiger partial charge in [0, 0.05) is 14.1 Å². The lowest BCUT2D eigenvalue weighted by Crippen LogP contribution is -2.10. The van der Waals surface area contributed by atoms with Crippen molar-refractivity contribution in [3.63, 3.8) is 0 Å². The number of rotatable bonds is 5. The van der Waals surface area contributed by atoms with E-state index >= 15 is 0 Å². The van der Waals surface area contributed by atoms with Crippen molar-refractivity contribution in [3.05, 3.63) is 18.0 Å². The Hall–Kier alpha value is -2.15. The van der Waals surface area contributed by atoms with Gasteiger partial charge >= 0.3 is 5.97 Å². The summed E-state index contributed by atoms with van der Waals surface area (Å²) in [7, 11) is 3.80. The molecule has 0 spiro atoms. The predicted molar refractivity (Wildman–Crippen MR) is 65.5 cm³/mol. The van der Waals surface area contributed by atoms with E-state index in [-0.39, 0.29) is 13.2 Å². The summed E-state index contributed by atoms with van der Waals surface area (Å²) in [6, 6.07) is 3.76. The van der Waals surface area contributed by atoms with Gasteiger partial charge in [-0.15, -0.1) is 0 Å². The van der Waals surface area contributed by atoms with Crippen LogP contribution in [0, 0.1) is 0 Å². The van der Waals surface area contributed by atoms with Gasteiger partial charge in [0.05, 0.1) is 5.52 Å². The fourth-order valence-electron chi connectivity index (χ4n) is 1.48. The van der Waals surface area contributed by atoms with Gasteiger partial charge in [-0.1, -0.05) is 0 Å². The molecule has 0 aliphatic heterocycles. The fourth-order valence-corrected chi connectivity index (χ4v) is 1.48. The van der Waals surface area contributed by atoms with E-state index < -0.39 is 5.97 Å². The quantitative estimate of drug-likeness (QED) is 0.808. The number of aliphatic carboxylic acids is 1. The molecule has 2 aromatic rings. The number of hydrogen-bond donors (Lipinski definition) is 2. The van der Waals surface area contributed by atoms with Crippen LogP contribution in [-0.2, 0) is 16.1 Å². The number of nitrogens with zero attached hydrogens (tertiary/aromatic N) is 3. The van der Waals surface area contributed by atoms with Gasteiger partial charge in [0.2, 0.25) is 0 Å². The molecule has 2 rings (SSSR count). The Bertz CT molecular complexity index is 564. The van der Waals surface area contributed by atoms with Crippen molar-refractivity contribution in [3.8, 4) is 0 Å². The number of anilines is 1. The van der Waals surface area contributed by atoms with Crippen LogP contribution in [0.4, 0.5) is 5.82 Å². The molecule has 96 valence electrons. The van der Waals surface area contributed by atoms with Gasteiger partial charge in [-0.25, -0.2) is 14.8 Å². The highest BCUT2D eigenvalue weighted by atomic mass is 16.5. The van der Waals surface area contributed by atoms with Crippen molar-refractivity contribution in [2.24, 2.45) is 0 Å². The average Bonchev–Trinajstić information content (AvgIpc) is 2.69. The SMILES string of the molecule is CN(C)c1ccc2[nH]c(COCC(=O)O)nc2n1. The monoisotopic (exact) mass is 250 g/mol. The van der Waals surface area contributed by atoms with Gasteiger partial charge in [-0.05, 0) is 12.1 Å². The number of H-pyrrole nitrogens is 1. The average molecular weight is 250 g/mol. The summed E-state index contributed by atoms with van der Waals surface area (Å²) in [5.41, 5.74) is 1.39. The van der Waals surface area contributed by atoms with Crippen LogP contribution in [0.3, 0.4) is 0 Å². The van der Waals surface area contributed by atoms with E-state index in [1.54, 1.807) is 0 Å². The molecule has 2 aromatic heterocycles. The highest BCUT2D eigenvalue weighted by Crippen LogP contribution is 2.14. The van der Waals surface area contributed by atoms with Gasteiger partial charge in [0.15, 0.2) is 5.65 Å². The third-order valence-corrected chi connectivity index (χ3v) is 2.30. The van der Waals surface area contributed by atoms with Crippen LogP contribution in [0.1, 0.15) is 5.82 Å². The standard InChI is InChI=1S/C11H14N4O3/c1-15(2)9-4-3-7-11(14-9)13-8(12-7)5-18-6-10(16)17/h3-4H,5-6H2,1-2H3,(H,16,17)(H,12,13,14). The van der Waals surface area contributed by atoms with Crippen LogP contribution in [0.2, 0.25) is 0 Å². The van der Waals surface area contributed by atoms with Crippen LogP contribution in [0.5, 0.6) is 0 Å². The minimum absolute atomic E-state index is 0.125. The molecule has 0 atom stereocenters. The van der Waals surface area contributed by atoms with Crippen LogP contribution in [0.25, 0.3) is 11.2 Å². The van der Waals surface area contributed by atoms with Crippen LogP contribution < -0.4 is 4.90 Å². The van der Waals surface area contributed by atoms with Crippen molar-refractivity contribution in [1.29, 1.82) is 0 Å². The molecule has 7 heteroatoms. The first kappa shape index (κ1) is 12.3. The number of ether oxygens (including phenoxy) is 1. The number of fused-ring (bicyclic) bond motifs is 1. The van der Waals surface area contributed by atoms with Crippen molar-refractivity contribution in [1.82, 2.24) is 15.0 Å². The van der Waals surface area contributed by atoms with E-state index in [9.17, 15) is 4.79 Å². The number of nitrogens with one attached hydrogen (secondary N) is 1. The molecule has 2 N–H and O–H groups in total. The van der Waals surface area contributed by atoms with E-state index in [1.165, 1.54) is 0 Å². The molecule has 0 saturated heterocycles. The van der Waals surface area contributed by atoms with Crippen LogP contribution in [-0.4, -0.2) is 46.7 Å². The molecule has 0 saturated carbocycles. The number of aromatic amines is 1. The largest absolute Gasteiger partial charge is 0.480 e. The zero-order chi connectivity index (χ0) is 13.1. The molecule has 0 aliphatic carbocycles. The number of carboxylic acids is 1. The first-order valence-electron chi connectivity index (χ1n) is 5.39. The first-order chi connectivity index (χ1) is 8.56. The molecule has 0 aromatic carbocycles. The molecule has 0 unspecified atom stereocenters. The fraction of sp³-hybridized carbons (Fsp3) is 0.364.